The number of nitrogens with zero attached hydrogens (tertiary/aromatic N) is 3. The maximum absolute atomic E-state index is 12.5. The highest BCUT2D eigenvalue weighted by Crippen LogP contribution is 2.21. The fourth-order valence-electron chi connectivity index (χ4n) is 3.78. The second-order valence-electron chi connectivity index (χ2n) is 7.47. The van der Waals surface area contributed by atoms with Gasteiger partial charge >= 0.3 is 6.18 Å². The van der Waals surface area contributed by atoms with E-state index >= 15 is 0 Å². The molecule has 1 aromatic rings. The summed E-state index contributed by atoms with van der Waals surface area (Å²) in [5.41, 5.74) is 0.527. The number of halogens is 4. The molecule has 0 amide bonds. The number of hydrogen-bond acceptors (Lipinski definition) is 5. The van der Waals surface area contributed by atoms with Gasteiger partial charge in [-0.15, -0.1) is 24.0 Å². The lowest BCUT2D eigenvalue weighted by molar-refractivity contribution is -0.154. The van der Waals surface area contributed by atoms with E-state index in [2.05, 4.69) is 39.4 Å². The Hall–Kier alpha value is -1.34. The Kier molecular flexibility index (Phi) is 13.2. The highest BCUT2D eigenvalue weighted by molar-refractivity contribution is 14.0. The molecule has 0 aromatic carbocycles. The van der Waals surface area contributed by atoms with Crippen LogP contribution in [0.2, 0.25) is 0 Å². The van der Waals surface area contributed by atoms with E-state index in [9.17, 15) is 13.2 Å². The van der Waals surface area contributed by atoms with Crippen LogP contribution in [0, 0.1) is 5.92 Å². The molecule has 1 aliphatic heterocycles. The molecule has 0 bridgehead atoms. The summed E-state index contributed by atoms with van der Waals surface area (Å²) in [5, 5.41) is 6.53. The molecule has 0 radical (unpaired) electrons. The van der Waals surface area contributed by atoms with Crippen LogP contribution < -0.4 is 15.4 Å². The fraction of sp³-hybridized carbons (Fsp3) is 0.714. The van der Waals surface area contributed by atoms with E-state index in [1.54, 1.807) is 19.2 Å². The molecule has 2 rings (SSSR count). The lowest BCUT2D eigenvalue weighted by atomic mass is 9.92. The van der Waals surface area contributed by atoms with Crippen LogP contribution in [0.25, 0.3) is 0 Å². The summed E-state index contributed by atoms with van der Waals surface area (Å²) in [6.07, 6.45) is -0.835. The fourth-order valence-corrected chi connectivity index (χ4v) is 3.78. The standard InChI is InChI=1S/C21H34F3N5O2.HI/c1-4-16(5-2)18(29-9-11-30-12-10-29)14-28-20(25-3)27-13-17-7-6-8-26-19(17)31-15-21(22,23)24;/h6-8,16,18H,4-5,9-15H2,1-3H3,(H2,25,27,28);1H. The van der Waals surface area contributed by atoms with Crippen molar-refractivity contribution in [2.75, 3.05) is 46.5 Å². The Morgan fingerprint density at radius 2 is 1.94 bits per heavy atom. The quantitative estimate of drug-likeness (QED) is 0.254. The molecule has 0 aliphatic carbocycles. The highest BCUT2D eigenvalue weighted by atomic mass is 127. The second kappa shape index (κ2) is 14.7. The molecule has 2 N–H and O–H groups in total. The van der Waals surface area contributed by atoms with E-state index in [1.807, 2.05) is 0 Å². The van der Waals surface area contributed by atoms with Crippen molar-refractivity contribution in [3.63, 3.8) is 0 Å². The van der Waals surface area contributed by atoms with Crippen molar-refractivity contribution in [2.24, 2.45) is 10.9 Å². The van der Waals surface area contributed by atoms with Crippen LogP contribution in [0.4, 0.5) is 13.2 Å². The third-order valence-corrected chi connectivity index (χ3v) is 5.48. The summed E-state index contributed by atoms with van der Waals surface area (Å²) in [7, 11) is 1.67. The molecule has 1 saturated heterocycles. The molecule has 1 unspecified atom stereocenters. The van der Waals surface area contributed by atoms with E-state index in [1.165, 1.54) is 6.20 Å². The largest absolute Gasteiger partial charge is 0.468 e. The molecular formula is C21H35F3IN5O2. The van der Waals surface area contributed by atoms with Gasteiger partial charge in [-0.2, -0.15) is 13.2 Å². The molecule has 1 fully saturated rings. The van der Waals surface area contributed by atoms with Crippen LogP contribution in [0.5, 0.6) is 5.88 Å². The molecule has 1 atom stereocenters. The van der Waals surface area contributed by atoms with Crippen molar-refractivity contribution in [1.29, 1.82) is 0 Å². The van der Waals surface area contributed by atoms with Crippen LogP contribution in [0.1, 0.15) is 32.3 Å². The van der Waals surface area contributed by atoms with Gasteiger partial charge in [0.25, 0.3) is 0 Å². The zero-order chi connectivity index (χ0) is 22.7. The van der Waals surface area contributed by atoms with Crippen LogP contribution >= 0.6 is 24.0 Å². The Morgan fingerprint density at radius 3 is 2.53 bits per heavy atom. The maximum Gasteiger partial charge on any atom is 0.422 e. The summed E-state index contributed by atoms with van der Waals surface area (Å²) in [5.74, 6) is 1.09. The number of guanidine groups is 1. The van der Waals surface area contributed by atoms with E-state index in [0.29, 0.717) is 23.5 Å². The summed E-state index contributed by atoms with van der Waals surface area (Å²) < 4.78 is 47.8. The maximum atomic E-state index is 12.5. The number of nitrogens with one attached hydrogen (secondary N) is 2. The van der Waals surface area contributed by atoms with Gasteiger partial charge in [-0.25, -0.2) is 4.98 Å². The first kappa shape index (κ1) is 28.7. The van der Waals surface area contributed by atoms with Crippen molar-refractivity contribution in [1.82, 2.24) is 20.5 Å². The molecule has 11 heteroatoms. The van der Waals surface area contributed by atoms with Gasteiger partial charge in [0.15, 0.2) is 12.6 Å². The van der Waals surface area contributed by atoms with Gasteiger partial charge in [-0.1, -0.05) is 32.8 Å². The number of rotatable bonds is 10. The molecule has 184 valence electrons. The van der Waals surface area contributed by atoms with Crippen LogP contribution in [-0.4, -0.2) is 74.6 Å². The van der Waals surface area contributed by atoms with Gasteiger partial charge in [0, 0.05) is 51.0 Å². The molecule has 7 nitrogen and oxygen atoms in total. The van der Waals surface area contributed by atoms with Crippen molar-refractivity contribution >= 4 is 29.9 Å². The lowest BCUT2D eigenvalue weighted by Crippen LogP contribution is -2.53. The Morgan fingerprint density at radius 1 is 1.25 bits per heavy atom. The van der Waals surface area contributed by atoms with Crippen LogP contribution in [-0.2, 0) is 11.3 Å². The van der Waals surface area contributed by atoms with Gasteiger partial charge in [0.2, 0.25) is 5.88 Å². The minimum atomic E-state index is -4.41. The first-order valence-corrected chi connectivity index (χ1v) is 10.8. The number of aliphatic imine (C=N–C) groups is 1. The second-order valence-corrected chi connectivity index (χ2v) is 7.47. The topological polar surface area (TPSA) is 71.0 Å². The van der Waals surface area contributed by atoms with Crippen molar-refractivity contribution < 1.29 is 22.6 Å². The van der Waals surface area contributed by atoms with E-state index in [0.717, 1.165) is 45.7 Å². The van der Waals surface area contributed by atoms with Gasteiger partial charge < -0.3 is 20.1 Å². The van der Waals surface area contributed by atoms with Gasteiger partial charge in [-0.05, 0) is 12.0 Å². The van der Waals surface area contributed by atoms with Gasteiger partial charge in [0.1, 0.15) is 0 Å². The molecular weight excluding hydrogens is 538 g/mol. The highest BCUT2D eigenvalue weighted by Gasteiger charge is 2.29. The normalized spacial score (nSPS) is 16.4. The number of aromatic nitrogens is 1. The average molecular weight is 573 g/mol. The smallest absolute Gasteiger partial charge is 0.422 e. The number of alkyl halides is 3. The minimum Gasteiger partial charge on any atom is -0.468 e. The number of ether oxygens (including phenoxy) is 2. The zero-order valence-corrected chi connectivity index (χ0v) is 21.3. The lowest BCUT2D eigenvalue weighted by Gasteiger charge is -2.39. The molecule has 0 saturated carbocycles. The average Bonchev–Trinajstić information content (AvgIpc) is 2.77. The van der Waals surface area contributed by atoms with Gasteiger partial charge in [-0.3, -0.25) is 9.89 Å². The number of hydrogen-bond donors (Lipinski definition) is 2. The minimum absolute atomic E-state index is 0. The Labute approximate surface area is 205 Å². The third kappa shape index (κ3) is 9.65. The number of morpholine rings is 1. The first-order valence-electron chi connectivity index (χ1n) is 10.8. The van der Waals surface area contributed by atoms with Gasteiger partial charge in [0.05, 0.1) is 13.2 Å². The van der Waals surface area contributed by atoms with Crippen molar-refractivity contribution in [3.05, 3.63) is 23.9 Å². The third-order valence-electron chi connectivity index (χ3n) is 5.48. The summed E-state index contributed by atoms with van der Waals surface area (Å²) in [6.45, 7) is 7.30. The summed E-state index contributed by atoms with van der Waals surface area (Å²) >= 11 is 0. The molecule has 32 heavy (non-hydrogen) atoms. The Balaban J connectivity index is 0.00000512. The molecule has 1 aliphatic rings. The summed E-state index contributed by atoms with van der Waals surface area (Å²) in [6, 6.07) is 3.69. The van der Waals surface area contributed by atoms with Crippen molar-refractivity contribution in [2.45, 2.75) is 45.5 Å². The SMILES string of the molecule is CCC(CC)C(CNC(=NC)NCc1cccnc1OCC(F)(F)F)N1CCOCC1.I. The van der Waals surface area contributed by atoms with Crippen molar-refractivity contribution in [3.8, 4) is 5.88 Å². The number of pyridine rings is 1. The summed E-state index contributed by atoms with van der Waals surface area (Å²) in [4.78, 5) is 10.6. The predicted octanol–water partition coefficient (Wildman–Crippen LogP) is 3.44. The van der Waals surface area contributed by atoms with Crippen LogP contribution in [0.3, 0.4) is 0 Å². The van der Waals surface area contributed by atoms with Crippen LogP contribution in [0.15, 0.2) is 23.3 Å². The van der Waals surface area contributed by atoms with E-state index in [-0.39, 0.29) is 36.4 Å². The van der Waals surface area contributed by atoms with E-state index in [4.69, 9.17) is 9.47 Å². The zero-order valence-electron chi connectivity index (χ0n) is 19.0. The molecule has 2 heterocycles. The molecule has 0 spiro atoms. The monoisotopic (exact) mass is 573 g/mol. The predicted molar refractivity (Wildman–Crippen MR) is 130 cm³/mol. The first-order chi connectivity index (χ1) is 14.9. The Bertz CT molecular complexity index is 684. The molecule has 1 aromatic heterocycles. The van der Waals surface area contributed by atoms with E-state index < -0.39 is 12.8 Å².